The van der Waals surface area contributed by atoms with Gasteiger partial charge < -0.3 is 0 Å². The number of rotatable bonds is 5. The normalized spacial score (nSPS) is 11.4. The monoisotopic (exact) mass is 422 g/mol. The number of hydrazone groups is 1. The summed E-state index contributed by atoms with van der Waals surface area (Å²) in [5.41, 5.74) is 5.25. The highest BCUT2D eigenvalue weighted by molar-refractivity contribution is 6.33. The predicted octanol–water partition coefficient (Wildman–Crippen LogP) is 2.88. The number of hydrogen-bond acceptors (Lipinski definition) is 5. The summed E-state index contributed by atoms with van der Waals surface area (Å²) < 4.78 is 2.99. The van der Waals surface area contributed by atoms with Crippen LogP contribution in [0.3, 0.4) is 0 Å². The Hall–Kier alpha value is -3.65. The van der Waals surface area contributed by atoms with Crippen LogP contribution in [0.4, 0.5) is 5.95 Å². The molecule has 4 aromatic rings. The lowest BCUT2D eigenvalue weighted by Crippen LogP contribution is -2.29. The SMILES string of the molecule is Cc1ccc(Cn2c(N/N=C/c3ccccc3Cl)nc3c2c(=O)[nH]c(=O)n3C)cc1. The van der Waals surface area contributed by atoms with E-state index in [0.717, 1.165) is 16.7 Å². The first-order valence-electron chi connectivity index (χ1n) is 9.23. The van der Waals surface area contributed by atoms with Gasteiger partial charge in [-0.2, -0.15) is 10.1 Å². The number of fused-ring (bicyclic) bond motifs is 1. The smallest absolute Gasteiger partial charge is 0.298 e. The van der Waals surface area contributed by atoms with Crippen molar-refractivity contribution in [2.45, 2.75) is 13.5 Å². The van der Waals surface area contributed by atoms with E-state index in [0.29, 0.717) is 17.5 Å². The van der Waals surface area contributed by atoms with Crippen molar-refractivity contribution in [3.05, 3.63) is 91.1 Å². The van der Waals surface area contributed by atoms with E-state index in [1.165, 1.54) is 4.57 Å². The second-order valence-corrected chi connectivity index (χ2v) is 7.30. The van der Waals surface area contributed by atoms with E-state index < -0.39 is 11.2 Å². The van der Waals surface area contributed by atoms with E-state index >= 15 is 0 Å². The van der Waals surface area contributed by atoms with Gasteiger partial charge >= 0.3 is 5.69 Å². The van der Waals surface area contributed by atoms with E-state index in [1.807, 2.05) is 49.4 Å². The number of anilines is 1. The Morgan fingerprint density at radius 2 is 1.90 bits per heavy atom. The van der Waals surface area contributed by atoms with Crippen molar-refractivity contribution in [3.8, 4) is 0 Å². The van der Waals surface area contributed by atoms with Crippen LogP contribution in [0.2, 0.25) is 5.02 Å². The van der Waals surface area contributed by atoms with Gasteiger partial charge in [0.25, 0.3) is 5.56 Å². The van der Waals surface area contributed by atoms with Crippen LogP contribution in [0.25, 0.3) is 11.2 Å². The zero-order valence-electron chi connectivity index (χ0n) is 16.4. The largest absolute Gasteiger partial charge is 0.329 e. The molecule has 2 N–H and O–H groups in total. The van der Waals surface area contributed by atoms with Crippen LogP contribution in [-0.4, -0.2) is 25.3 Å². The molecule has 0 fully saturated rings. The molecular weight excluding hydrogens is 404 g/mol. The van der Waals surface area contributed by atoms with E-state index in [2.05, 4.69) is 20.5 Å². The summed E-state index contributed by atoms with van der Waals surface area (Å²) in [5, 5.41) is 4.79. The summed E-state index contributed by atoms with van der Waals surface area (Å²) in [4.78, 5) is 31.3. The van der Waals surface area contributed by atoms with Crippen LogP contribution >= 0.6 is 11.6 Å². The van der Waals surface area contributed by atoms with Gasteiger partial charge in [-0.3, -0.25) is 18.9 Å². The molecule has 2 aromatic heterocycles. The second kappa shape index (κ2) is 8.00. The first-order chi connectivity index (χ1) is 14.4. The molecule has 0 radical (unpaired) electrons. The third kappa shape index (κ3) is 3.77. The number of aryl methyl sites for hydroxylation is 2. The van der Waals surface area contributed by atoms with Crippen LogP contribution in [-0.2, 0) is 13.6 Å². The van der Waals surface area contributed by atoms with Gasteiger partial charge in [-0.25, -0.2) is 10.2 Å². The molecule has 30 heavy (non-hydrogen) atoms. The fourth-order valence-corrected chi connectivity index (χ4v) is 3.27. The number of aromatic amines is 1. The highest BCUT2D eigenvalue weighted by atomic mass is 35.5. The highest BCUT2D eigenvalue weighted by Gasteiger charge is 2.17. The van der Waals surface area contributed by atoms with Gasteiger partial charge in [-0.1, -0.05) is 59.6 Å². The maximum Gasteiger partial charge on any atom is 0.329 e. The summed E-state index contributed by atoms with van der Waals surface area (Å²) in [6, 6.07) is 15.2. The van der Waals surface area contributed by atoms with Crippen LogP contribution in [0.1, 0.15) is 16.7 Å². The van der Waals surface area contributed by atoms with E-state index in [4.69, 9.17) is 11.6 Å². The lowest BCUT2D eigenvalue weighted by molar-refractivity contribution is 0.808. The molecular formula is C21H19ClN6O2. The average molecular weight is 423 g/mol. The van der Waals surface area contributed by atoms with E-state index in [9.17, 15) is 9.59 Å². The van der Waals surface area contributed by atoms with Crippen LogP contribution in [0, 0.1) is 6.92 Å². The van der Waals surface area contributed by atoms with Crippen molar-refractivity contribution in [1.82, 2.24) is 19.1 Å². The minimum atomic E-state index is -0.529. The first kappa shape index (κ1) is 19.7. The number of halogens is 1. The fourth-order valence-electron chi connectivity index (χ4n) is 3.09. The Bertz CT molecular complexity index is 1370. The second-order valence-electron chi connectivity index (χ2n) is 6.89. The maximum absolute atomic E-state index is 12.6. The molecule has 0 bridgehead atoms. The topological polar surface area (TPSA) is 97.1 Å². The van der Waals surface area contributed by atoms with Crippen molar-refractivity contribution >= 4 is 34.9 Å². The molecule has 152 valence electrons. The molecule has 0 aliphatic heterocycles. The minimum Gasteiger partial charge on any atom is -0.298 e. The van der Waals surface area contributed by atoms with Crippen molar-refractivity contribution < 1.29 is 0 Å². The summed E-state index contributed by atoms with van der Waals surface area (Å²) in [5.74, 6) is 0.334. The van der Waals surface area contributed by atoms with Gasteiger partial charge in [0.2, 0.25) is 5.95 Å². The summed E-state index contributed by atoms with van der Waals surface area (Å²) >= 11 is 6.16. The standard InChI is InChI=1S/C21H19ClN6O2/c1-13-7-9-14(10-8-13)12-28-17-18(27(2)21(30)25-19(17)29)24-20(28)26-23-11-15-5-3-4-6-16(15)22/h3-11H,12H2,1-2H3,(H,24,26)(H,25,29,30)/b23-11+. The summed E-state index contributed by atoms with van der Waals surface area (Å²) in [6.45, 7) is 2.38. The Morgan fingerprint density at radius 1 is 1.17 bits per heavy atom. The third-order valence-electron chi connectivity index (χ3n) is 4.74. The number of hydrogen-bond donors (Lipinski definition) is 2. The fraction of sp³-hybridized carbons (Fsp3) is 0.143. The molecule has 9 heteroatoms. The molecule has 0 aliphatic rings. The van der Waals surface area contributed by atoms with Crippen molar-refractivity contribution in [2.75, 3.05) is 5.43 Å². The quantitative estimate of drug-likeness (QED) is 0.381. The van der Waals surface area contributed by atoms with Crippen LogP contribution < -0.4 is 16.7 Å². The third-order valence-corrected chi connectivity index (χ3v) is 5.09. The Labute approximate surface area is 176 Å². The molecule has 4 rings (SSSR count). The minimum absolute atomic E-state index is 0.270. The highest BCUT2D eigenvalue weighted by Crippen LogP contribution is 2.18. The number of nitrogens with one attached hydrogen (secondary N) is 2. The Kier molecular flexibility index (Phi) is 5.24. The zero-order valence-corrected chi connectivity index (χ0v) is 17.1. The first-order valence-corrected chi connectivity index (χ1v) is 9.60. The lowest BCUT2D eigenvalue weighted by atomic mass is 10.1. The molecule has 2 aromatic carbocycles. The Balaban J connectivity index is 1.79. The van der Waals surface area contributed by atoms with Gasteiger partial charge in [0.05, 0.1) is 12.8 Å². The van der Waals surface area contributed by atoms with Gasteiger partial charge in [0.15, 0.2) is 11.2 Å². The molecule has 2 heterocycles. The molecule has 8 nitrogen and oxygen atoms in total. The molecule has 0 saturated carbocycles. The zero-order chi connectivity index (χ0) is 21.3. The molecule has 0 aliphatic carbocycles. The maximum atomic E-state index is 12.6. The van der Waals surface area contributed by atoms with Gasteiger partial charge in [0, 0.05) is 17.6 Å². The van der Waals surface area contributed by atoms with Crippen molar-refractivity contribution in [2.24, 2.45) is 12.1 Å². The Morgan fingerprint density at radius 3 is 2.63 bits per heavy atom. The number of benzene rings is 2. The van der Waals surface area contributed by atoms with E-state index in [1.54, 1.807) is 23.9 Å². The molecule has 0 unspecified atom stereocenters. The van der Waals surface area contributed by atoms with Gasteiger partial charge in [0.1, 0.15) is 0 Å². The number of nitrogens with zero attached hydrogens (tertiary/aromatic N) is 4. The lowest BCUT2D eigenvalue weighted by Gasteiger charge is -2.08. The van der Waals surface area contributed by atoms with Gasteiger partial charge in [-0.15, -0.1) is 0 Å². The van der Waals surface area contributed by atoms with Crippen LogP contribution in [0.15, 0.2) is 63.2 Å². The predicted molar refractivity (Wildman–Crippen MR) is 119 cm³/mol. The molecule has 0 atom stereocenters. The number of aromatic nitrogens is 4. The van der Waals surface area contributed by atoms with Crippen molar-refractivity contribution in [3.63, 3.8) is 0 Å². The van der Waals surface area contributed by atoms with Crippen LogP contribution in [0.5, 0.6) is 0 Å². The molecule has 0 amide bonds. The number of imidazole rings is 1. The summed E-state index contributed by atoms with van der Waals surface area (Å²) in [7, 11) is 1.56. The van der Waals surface area contributed by atoms with E-state index in [-0.39, 0.29) is 11.2 Å². The molecule has 0 saturated heterocycles. The molecule has 0 spiro atoms. The van der Waals surface area contributed by atoms with Gasteiger partial charge in [-0.05, 0) is 18.6 Å². The van der Waals surface area contributed by atoms with Crippen molar-refractivity contribution in [1.29, 1.82) is 0 Å². The number of H-pyrrole nitrogens is 1. The summed E-state index contributed by atoms with van der Waals surface area (Å²) in [6.07, 6.45) is 1.57. The average Bonchev–Trinajstić information content (AvgIpc) is 3.08.